The van der Waals surface area contributed by atoms with Crippen LogP contribution >= 0.6 is 24.2 Å². The predicted molar refractivity (Wildman–Crippen MR) is 66.2 cm³/mol. The highest BCUT2D eigenvalue weighted by molar-refractivity contribution is 7.99. The molecular weight excluding hydrogens is 246 g/mol. The average Bonchev–Trinajstić information content (AvgIpc) is 2.75. The van der Waals surface area contributed by atoms with E-state index in [4.69, 9.17) is 5.73 Å². The molecule has 2 N–H and O–H groups in total. The van der Waals surface area contributed by atoms with E-state index in [1.165, 1.54) is 0 Å². The number of hydrogen-bond acceptors (Lipinski definition) is 5. The van der Waals surface area contributed by atoms with E-state index in [1.54, 1.807) is 16.4 Å². The quantitative estimate of drug-likeness (QED) is 0.832. The number of hydrogen-bond donors (Lipinski definition) is 1. The lowest BCUT2D eigenvalue weighted by atomic mass is 10.3. The number of para-hydroxylation sites is 1. The summed E-state index contributed by atoms with van der Waals surface area (Å²) in [5, 5.41) is 12.3. The Balaban J connectivity index is 0.00000128. The minimum Gasteiger partial charge on any atom is -0.330 e. The third-order valence-corrected chi connectivity index (χ3v) is 2.74. The molecule has 0 radical (unpaired) electrons. The summed E-state index contributed by atoms with van der Waals surface area (Å²) in [5.74, 6) is 0.813. The Morgan fingerprint density at radius 1 is 1.25 bits per heavy atom. The molecule has 2 aromatic rings. The molecule has 0 unspecified atom stereocenters. The molecule has 0 saturated carbocycles. The van der Waals surface area contributed by atoms with E-state index in [2.05, 4.69) is 15.5 Å². The first-order chi connectivity index (χ1) is 7.42. The topological polar surface area (TPSA) is 69.6 Å². The first-order valence-electron chi connectivity index (χ1n) is 4.58. The van der Waals surface area contributed by atoms with Crippen LogP contribution in [0.2, 0.25) is 0 Å². The minimum absolute atomic E-state index is 0. The second-order valence-corrected chi connectivity index (χ2v) is 3.91. The van der Waals surface area contributed by atoms with Gasteiger partial charge < -0.3 is 5.73 Å². The molecule has 0 bridgehead atoms. The molecular formula is C9H12ClN5S. The lowest BCUT2D eigenvalue weighted by molar-refractivity contribution is 0.756. The molecule has 0 aliphatic rings. The summed E-state index contributed by atoms with van der Waals surface area (Å²) in [4.78, 5) is 0. The first kappa shape index (κ1) is 13.0. The van der Waals surface area contributed by atoms with Gasteiger partial charge in [0.2, 0.25) is 5.16 Å². The standard InChI is InChI=1S/C9H11N5S.ClH/c10-6-7-15-9-11-12-13-14(9)8-4-2-1-3-5-8;/h1-5H,6-7,10H2;1H. The summed E-state index contributed by atoms with van der Waals surface area (Å²) < 4.78 is 1.71. The second kappa shape index (κ2) is 6.47. The maximum atomic E-state index is 5.44. The maximum Gasteiger partial charge on any atom is 0.214 e. The van der Waals surface area contributed by atoms with Gasteiger partial charge >= 0.3 is 0 Å². The molecule has 0 atom stereocenters. The van der Waals surface area contributed by atoms with Crippen molar-refractivity contribution in [2.24, 2.45) is 5.73 Å². The largest absolute Gasteiger partial charge is 0.330 e. The van der Waals surface area contributed by atoms with Gasteiger partial charge in [0.15, 0.2) is 0 Å². The second-order valence-electron chi connectivity index (χ2n) is 2.85. The molecule has 0 saturated heterocycles. The van der Waals surface area contributed by atoms with E-state index in [0.29, 0.717) is 6.54 Å². The van der Waals surface area contributed by atoms with E-state index in [-0.39, 0.29) is 12.4 Å². The smallest absolute Gasteiger partial charge is 0.214 e. The van der Waals surface area contributed by atoms with Gasteiger partial charge in [0, 0.05) is 12.3 Å². The fourth-order valence-electron chi connectivity index (χ4n) is 1.15. The van der Waals surface area contributed by atoms with Crippen molar-refractivity contribution in [2.45, 2.75) is 5.16 Å². The van der Waals surface area contributed by atoms with Crippen LogP contribution in [0, 0.1) is 0 Å². The number of tetrazole rings is 1. The monoisotopic (exact) mass is 257 g/mol. The van der Waals surface area contributed by atoms with Crippen molar-refractivity contribution >= 4 is 24.2 Å². The zero-order valence-corrected chi connectivity index (χ0v) is 10.1. The van der Waals surface area contributed by atoms with Crippen molar-refractivity contribution < 1.29 is 0 Å². The first-order valence-corrected chi connectivity index (χ1v) is 5.57. The summed E-state index contributed by atoms with van der Waals surface area (Å²) >= 11 is 1.55. The lowest BCUT2D eigenvalue weighted by Gasteiger charge is -2.02. The number of aromatic nitrogens is 4. The van der Waals surface area contributed by atoms with Crippen molar-refractivity contribution in [3.8, 4) is 5.69 Å². The van der Waals surface area contributed by atoms with E-state index in [9.17, 15) is 0 Å². The molecule has 1 aromatic heterocycles. The highest BCUT2D eigenvalue weighted by Crippen LogP contribution is 2.16. The highest BCUT2D eigenvalue weighted by Gasteiger charge is 2.07. The van der Waals surface area contributed by atoms with E-state index in [0.717, 1.165) is 16.6 Å². The van der Waals surface area contributed by atoms with Gasteiger partial charge in [0.1, 0.15) is 0 Å². The molecule has 86 valence electrons. The van der Waals surface area contributed by atoms with Crippen LogP contribution in [-0.4, -0.2) is 32.5 Å². The molecule has 1 aromatic carbocycles. The summed E-state index contributed by atoms with van der Waals surface area (Å²) in [5.41, 5.74) is 6.40. The van der Waals surface area contributed by atoms with Gasteiger partial charge in [0.25, 0.3) is 0 Å². The van der Waals surface area contributed by atoms with Crippen LogP contribution < -0.4 is 5.73 Å². The molecule has 5 nitrogen and oxygen atoms in total. The van der Waals surface area contributed by atoms with Crippen LogP contribution in [0.3, 0.4) is 0 Å². The zero-order valence-electron chi connectivity index (χ0n) is 8.48. The third-order valence-electron chi connectivity index (χ3n) is 1.79. The number of thioether (sulfide) groups is 1. The lowest BCUT2D eigenvalue weighted by Crippen LogP contribution is -2.04. The summed E-state index contributed by atoms with van der Waals surface area (Å²) in [6.07, 6.45) is 0. The van der Waals surface area contributed by atoms with Crippen LogP contribution in [-0.2, 0) is 0 Å². The third kappa shape index (κ3) is 2.94. The van der Waals surface area contributed by atoms with Crippen LogP contribution in [0.5, 0.6) is 0 Å². The molecule has 2 rings (SSSR count). The molecule has 1 heterocycles. The minimum atomic E-state index is 0. The molecule has 0 aliphatic heterocycles. The van der Waals surface area contributed by atoms with Crippen LogP contribution in [0.25, 0.3) is 5.69 Å². The van der Waals surface area contributed by atoms with Crippen molar-refractivity contribution in [2.75, 3.05) is 12.3 Å². The highest BCUT2D eigenvalue weighted by atomic mass is 35.5. The van der Waals surface area contributed by atoms with Crippen LogP contribution in [0.1, 0.15) is 0 Å². The summed E-state index contributed by atoms with van der Waals surface area (Å²) in [7, 11) is 0. The Labute approximate surface area is 104 Å². The molecule has 0 spiro atoms. The van der Waals surface area contributed by atoms with Crippen LogP contribution in [0.4, 0.5) is 0 Å². The van der Waals surface area contributed by atoms with Crippen molar-refractivity contribution in [3.05, 3.63) is 30.3 Å². The van der Waals surface area contributed by atoms with Crippen molar-refractivity contribution in [3.63, 3.8) is 0 Å². The molecule has 0 amide bonds. The number of halogens is 1. The maximum absolute atomic E-state index is 5.44. The fraction of sp³-hybridized carbons (Fsp3) is 0.222. The zero-order chi connectivity index (χ0) is 10.5. The fourth-order valence-corrected chi connectivity index (χ4v) is 1.81. The Morgan fingerprint density at radius 3 is 2.69 bits per heavy atom. The predicted octanol–water partition coefficient (Wildman–Crippen LogP) is 1.13. The molecule has 0 aliphatic carbocycles. The molecule has 0 fully saturated rings. The molecule has 16 heavy (non-hydrogen) atoms. The number of benzene rings is 1. The SMILES string of the molecule is Cl.NCCSc1nnnn1-c1ccccc1. The normalized spacial score (nSPS) is 9.81. The summed E-state index contributed by atoms with van der Waals surface area (Å²) in [6, 6.07) is 9.79. The summed E-state index contributed by atoms with van der Waals surface area (Å²) in [6.45, 7) is 0.617. The molecule has 7 heteroatoms. The number of rotatable bonds is 4. The van der Waals surface area contributed by atoms with Gasteiger partial charge in [-0.15, -0.1) is 17.5 Å². The van der Waals surface area contributed by atoms with Crippen LogP contribution in [0.15, 0.2) is 35.5 Å². The Bertz CT molecular complexity index is 419. The Kier molecular flexibility index (Phi) is 5.24. The van der Waals surface area contributed by atoms with Crippen molar-refractivity contribution in [1.82, 2.24) is 20.2 Å². The van der Waals surface area contributed by atoms with Gasteiger partial charge in [-0.25, -0.2) is 0 Å². The van der Waals surface area contributed by atoms with Gasteiger partial charge in [0.05, 0.1) is 5.69 Å². The Hall–Kier alpha value is -1.11. The van der Waals surface area contributed by atoms with Gasteiger partial charge in [-0.2, -0.15) is 4.68 Å². The van der Waals surface area contributed by atoms with E-state index < -0.39 is 0 Å². The van der Waals surface area contributed by atoms with Gasteiger partial charge in [-0.1, -0.05) is 30.0 Å². The average molecular weight is 258 g/mol. The van der Waals surface area contributed by atoms with E-state index in [1.807, 2.05) is 30.3 Å². The number of nitrogens with two attached hydrogens (primary N) is 1. The Morgan fingerprint density at radius 2 is 2.00 bits per heavy atom. The van der Waals surface area contributed by atoms with Gasteiger partial charge in [-0.05, 0) is 22.6 Å². The van der Waals surface area contributed by atoms with Gasteiger partial charge in [-0.3, -0.25) is 0 Å². The van der Waals surface area contributed by atoms with E-state index >= 15 is 0 Å². The van der Waals surface area contributed by atoms with Crippen molar-refractivity contribution in [1.29, 1.82) is 0 Å². The number of nitrogens with zero attached hydrogens (tertiary/aromatic N) is 4.